The first kappa shape index (κ1) is 25.4. The van der Waals surface area contributed by atoms with Crippen molar-refractivity contribution in [2.75, 3.05) is 13.2 Å². The van der Waals surface area contributed by atoms with E-state index in [1.165, 1.54) is 0 Å². The molecule has 0 aromatic carbocycles. The van der Waals surface area contributed by atoms with Gasteiger partial charge in [0.05, 0.1) is 31.0 Å². The first-order valence-electron chi connectivity index (χ1n) is 11.3. The zero-order valence-electron chi connectivity index (χ0n) is 18.7. The molecule has 6 heteroatoms. The largest absolute Gasteiger partial charge is 0.481 e. The summed E-state index contributed by atoms with van der Waals surface area (Å²) in [6, 6.07) is 0. The Labute approximate surface area is 175 Å². The van der Waals surface area contributed by atoms with E-state index in [1.807, 2.05) is 0 Å². The summed E-state index contributed by atoms with van der Waals surface area (Å²) in [4.78, 5) is 37.0. The minimum absolute atomic E-state index is 0.269. The van der Waals surface area contributed by atoms with Crippen LogP contribution in [0.1, 0.15) is 85.5 Å². The summed E-state index contributed by atoms with van der Waals surface area (Å²) >= 11 is 0. The monoisotopic (exact) mass is 412 g/mol. The normalized spacial score (nSPS) is 21.9. The molecule has 6 nitrogen and oxygen atoms in total. The van der Waals surface area contributed by atoms with Crippen molar-refractivity contribution in [1.82, 2.24) is 0 Å². The zero-order chi connectivity index (χ0) is 21.8. The number of esters is 2. The van der Waals surface area contributed by atoms with E-state index in [-0.39, 0.29) is 6.61 Å². The minimum atomic E-state index is -1.04. The molecule has 0 spiro atoms. The molecule has 1 rings (SSSR count). The minimum Gasteiger partial charge on any atom is -0.481 e. The molecule has 1 saturated carbocycles. The molecule has 0 aromatic rings. The molecule has 0 saturated heterocycles. The van der Waals surface area contributed by atoms with E-state index in [2.05, 4.69) is 27.7 Å². The van der Waals surface area contributed by atoms with E-state index >= 15 is 0 Å². The molecule has 3 atom stereocenters. The summed E-state index contributed by atoms with van der Waals surface area (Å²) in [5.74, 6) is -3.41. The molecule has 1 aliphatic carbocycles. The van der Waals surface area contributed by atoms with Crippen LogP contribution in [0.25, 0.3) is 0 Å². The highest BCUT2D eigenvalue weighted by Gasteiger charge is 2.46. The summed E-state index contributed by atoms with van der Waals surface area (Å²) in [7, 11) is 0. The molecule has 3 unspecified atom stereocenters. The lowest BCUT2D eigenvalue weighted by molar-refractivity contribution is -0.170. The van der Waals surface area contributed by atoms with Crippen LogP contribution in [0.3, 0.4) is 0 Å². The van der Waals surface area contributed by atoms with Crippen molar-refractivity contribution >= 4 is 17.9 Å². The molecular weight excluding hydrogens is 372 g/mol. The lowest BCUT2D eigenvalue weighted by Gasteiger charge is -2.33. The van der Waals surface area contributed by atoms with Crippen molar-refractivity contribution < 1.29 is 29.0 Å². The van der Waals surface area contributed by atoms with Gasteiger partial charge in [0.1, 0.15) is 0 Å². The zero-order valence-corrected chi connectivity index (χ0v) is 18.7. The molecule has 1 N–H and O–H groups in total. The maximum Gasteiger partial charge on any atom is 0.310 e. The number of hydrogen-bond acceptors (Lipinski definition) is 5. The molecule has 0 aliphatic heterocycles. The SMILES string of the molecule is CC(C)CCCCOC(=O)C1CCCC(C(=O)O)C1C(=O)OCCCCC(C)C. The lowest BCUT2D eigenvalue weighted by atomic mass is 9.72. The van der Waals surface area contributed by atoms with Gasteiger partial charge in [-0.25, -0.2) is 0 Å². The highest BCUT2D eigenvalue weighted by atomic mass is 16.5. The topological polar surface area (TPSA) is 89.9 Å². The van der Waals surface area contributed by atoms with Crippen LogP contribution in [0.5, 0.6) is 0 Å². The standard InChI is InChI=1S/C23H40O6/c1-16(2)10-5-7-14-28-22(26)19-13-9-12-18(21(24)25)20(19)23(27)29-15-8-6-11-17(3)4/h16-20H,5-15H2,1-4H3,(H,24,25). The van der Waals surface area contributed by atoms with Crippen LogP contribution in [0.4, 0.5) is 0 Å². The van der Waals surface area contributed by atoms with Gasteiger partial charge in [0, 0.05) is 0 Å². The number of carboxylic acid groups (broad SMARTS) is 1. The fourth-order valence-electron chi connectivity index (χ4n) is 3.93. The number of carboxylic acids is 1. The number of rotatable bonds is 13. The van der Waals surface area contributed by atoms with Crippen LogP contribution < -0.4 is 0 Å². The summed E-state index contributed by atoms with van der Waals surface area (Å²) in [5, 5.41) is 9.57. The summed E-state index contributed by atoms with van der Waals surface area (Å²) in [6.45, 7) is 9.18. The van der Waals surface area contributed by atoms with Crippen LogP contribution in [0, 0.1) is 29.6 Å². The van der Waals surface area contributed by atoms with Crippen molar-refractivity contribution in [2.24, 2.45) is 29.6 Å². The Kier molecular flexibility index (Phi) is 11.9. The molecule has 168 valence electrons. The Morgan fingerprint density at radius 1 is 0.793 bits per heavy atom. The van der Waals surface area contributed by atoms with E-state index in [0.717, 1.165) is 38.5 Å². The van der Waals surface area contributed by atoms with Gasteiger partial charge in [-0.3, -0.25) is 14.4 Å². The van der Waals surface area contributed by atoms with Gasteiger partial charge in [0.15, 0.2) is 0 Å². The molecular formula is C23H40O6. The first-order valence-corrected chi connectivity index (χ1v) is 11.3. The highest BCUT2D eigenvalue weighted by Crippen LogP contribution is 2.37. The number of unbranched alkanes of at least 4 members (excludes halogenated alkanes) is 2. The van der Waals surface area contributed by atoms with Gasteiger partial charge in [-0.1, -0.05) is 47.0 Å². The van der Waals surface area contributed by atoms with Crippen molar-refractivity contribution in [2.45, 2.75) is 85.5 Å². The van der Waals surface area contributed by atoms with E-state index < -0.39 is 35.7 Å². The molecule has 0 radical (unpaired) electrons. The molecule has 0 heterocycles. The van der Waals surface area contributed by atoms with Gasteiger partial charge in [-0.05, 0) is 50.4 Å². The maximum absolute atomic E-state index is 12.7. The van der Waals surface area contributed by atoms with Crippen molar-refractivity contribution in [3.63, 3.8) is 0 Å². The number of hydrogen-bond donors (Lipinski definition) is 1. The number of aliphatic carboxylic acids is 1. The predicted octanol–water partition coefficient (Wildman–Crippen LogP) is 4.84. The molecule has 0 amide bonds. The first-order chi connectivity index (χ1) is 13.7. The molecule has 1 aliphatic rings. The average molecular weight is 413 g/mol. The van der Waals surface area contributed by atoms with Gasteiger partial charge in [-0.15, -0.1) is 0 Å². The van der Waals surface area contributed by atoms with E-state index in [0.29, 0.717) is 37.7 Å². The van der Waals surface area contributed by atoms with Gasteiger partial charge in [-0.2, -0.15) is 0 Å². The van der Waals surface area contributed by atoms with Gasteiger partial charge >= 0.3 is 17.9 Å². The van der Waals surface area contributed by atoms with E-state index in [9.17, 15) is 19.5 Å². The Morgan fingerprint density at radius 3 is 1.76 bits per heavy atom. The third-order valence-corrected chi connectivity index (χ3v) is 5.63. The molecule has 29 heavy (non-hydrogen) atoms. The molecule has 0 aromatic heterocycles. The summed E-state index contributed by atoms with van der Waals surface area (Å²) in [6.07, 6.45) is 7.07. The number of carbonyl (C=O) groups is 3. The maximum atomic E-state index is 12.7. The number of carbonyl (C=O) groups excluding carboxylic acids is 2. The van der Waals surface area contributed by atoms with Crippen LogP contribution in [-0.4, -0.2) is 36.2 Å². The van der Waals surface area contributed by atoms with Crippen LogP contribution in [0.15, 0.2) is 0 Å². The summed E-state index contributed by atoms with van der Waals surface area (Å²) < 4.78 is 10.8. The third-order valence-electron chi connectivity index (χ3n) is 5.63. The summed E-state index contributed by atoms with van der Waals surface area (Å²) in [5.41, 5.74) is 0. The van der Waals surface area contributed by atoms with E-state index in [1.54, 1.807) is 0 Å². The predicted molar refractivity (Wildman–Crippen MR) is 111 cm³/mol. The van der Waals surface area contributed by atoms with Gasteiger partial charge in [0.25, 0.3) is 0 Å². The highest BCUT2D eigenvalue weighted by molar-refractivity contribution is 5.87. The third kappa shape index (κ3) is 9.64. The fraction of sp³-hybridized carbons (Fsp3) is 0.870. The van der Waals surface area contributed by atoms with Gasteiger partial charge in [0.2, 0.25) is 0 Å². The van der Waals surface area contributed by atoms with Crippen LogP contribution >= 0.6 is 0 Å². The van der Waals surface area contributed by atoms with Gasteiger partial charge < -0.3 is 14.6 Å². The fourth-order valence-corrected chi connectivity index (χ4v) is 3.93. The van der Waals surface area contributed by atoms with Crippen molar-refractivity contribution in [1.29, 1.82) is 0 Å². The number of ether oxygens (including phenoxy) is 2. The van der Waals surface area contributed by atoms with Crippen molar-refractivity contribution in [3.8, 4) is 0 Å². The second kappa shape index (κ2) is 13.6. The smallest absolute Gasteiger partial charge is 0.310 e. The van der Waals surface area contributed by atoms with Crippen LogP contribution in [0.2, 0.25) is 0 Å². The Morgan fingerprint density at radius 2 is 1.28 bits per heavy atom. The Hall–Kier alpha value is -1.59. The Bertz CT molecular complexity index is 513. The second-order valence-corrected chi connectivity index (χ2v) is 9.12. The quantitative estimate of drug-likeness (QED) is 0.344. The van der Waals surface area contributed by atoms with E-state index in [4.69, 9.17) is 9.47 Å². The molecule has 0 bridgehead atoms. The van der Waals surface area contributed by atoms with Crippen molar-refractivity contribution in [3.05, 3.63) is 0 Å². The second-order valence-electron chi connectivity index (χ2n) is 9.12. The Balaban J connectivity index is 2.61. The molecule has 1 fully saturated rings. The lowest BCUT2D eigenvalue weighted by Crippen LogP contribution is -2.43. The average Bonchev–Trinajstić information content (AvgIpc) is 2.65. The van der Waals surface area contributed by atoms with Crippen LogP contribution in [-0.2, 0) is 23.9 Å².